The standard InChI is InChI=1S/C57H66ClF4N6O11PS4.C19H14F2N6O/c1-38(2)68-39(3)55(82(4,73)74)53(54(68)40-11-13-43(58)14-12-40)42-33-44(59)35-48(34-42)67-29-27-66(28-30-67)47-17-15-45(16-18-47)64-84(77,78)50-19-20-51(52(36-50)83(75,76)57(60,61)62)63-46(37-81-49-9-6-5-7-10-49)23-26-65-24-21-41(22-25-65)56(69)79-31-8-32-80(70,71)72;1-27-18(22-8-23-27)15-16(9-2-4-10(20)5-3-9)24-13-7-11(21)6-12-14(13)17(15)25-26-19(12)28/h5-7,9-20,33-36,38,41,46,63-64H,8,21-32,37H2,1-4H3,(H2,70,71,72);2-8,15-16,24H,1H3,(H,26,28)/t;15-,16-/m.1/s1. The van der Waals surface area contributed by atoms with Gasteiger partial charge in [-0.05, 0) is 185 Å². The number of alkyl halides is 3. The molecule has 3 atom stereocenters. The molecule has 2 fully saturated rings. The Labute approximate surface area is 652 Å². The number of hydrogen-bond donors (Lipinski definition) is 6. The zero-order chi connectivity index (χ0) is 80.4. The van der Waals surface area contributed by atoms with Gasteiger partial charge in [0, 0.05) is 113 Å². The molecule has 3 aromatic heterocycles. The van der Waals surface area contributed by atoms with Crippen molar-refractivity contribution >= 4 is 106 Å². The molecule has 13 rings (SSSR count). The first kappa shape index (κ1) is 82.2. The molecule has 0 aliphatic carbocycles. The number of benzene rings is 7. The summed E-state index contributed by atoms with van der Waals surface area (Å²) in [5.41, 5.74) is -1.10. The van der Waals surface area contributed by atoms with E-state index in [9.17, 15) is 61.4 Å². The minimum atomic E-state index is -6.13. The lowest BCUT2D eigenvalue weighted by atomic mass is 9.83. The number of piperazine rings is 1. The van der Waals surface area contributed by atoms with E-state index in [-0.39, 0.29) is 46.6 Å². The molecule has 2 saturated heterocycles. The molecular weight excluding hydrogens is 1580 g/mol. The van der Waals surface area contributed by atoms with Crippen molar-refractivity contribution in [3.63, 3.8) is 0 Å². The Morgan fingerprint density at radius 2 is 1.46 bits per heavy atom. The summed E-state index contributed by atoms with van der Waals surface area (Å²) in [5.74, 6) is -1.91. The molecule has 0 spiro atoms. The van der Waals surface area contributed by atoms with Gasteiger partial charge in [0.05, 0.1) is 62.9 Å². The summed E-state index contributed by atoms with van der Waals surface area (Å²) in [6.45, 7) is 8.56. The fraction of sp³-hybridized carbons (Fsp3) is 0.329. The minimum absolute atomic E-state index is 0.0139. The van der Waals surface area contributed by atoms with Crippen molar-refractivity contribution in [2.24, 2.45) is 13.0 Å². The number of aromatic nitrogens is 6. The van der Waals surface area contributed by atoms with Gasteiger partial charge >= 0.3 is 19.1 Å². The van der Waals surface area contributed by atoms with Gasteiger partial charge in [0.15, 0.2) is 9.84 Å². The van der Waals surface area contributed by atoms with Gasteiger partial charge in [0.1, 0.15) is 34.5 Å². The SMILES string of the molecule is Cc1c(S(C)(=O)=O)c(-c2cc(F)cc(N3CCN(c4ccc(NS(=O)(=O)c5ccc(NC(CCN6CCC(C(=O)OCCCP(=O)(O)O)CC6)CSc6ccccc6)c(S(=O)(=O)C(F)(F)F)c5)cc4)CC3)c2)c(-c2ccc(Cl)cc2)n1C(C)C.Cn1ncnc1[C@H]1c2n[nH]c(=O)c3cc(F)cc(c23)N[C@@H]1c1ccc(F)cc1. The third-order valence-corrected chi connectivity index (χ3v) is 26.2. The number of rotatable bonds is 25. The lowest BCUT2D eigenvalue weighted by Gasteiger charge is -2.37. The molecule has 6 N–H and O–H groups in total. The molecule has 7 aromatic carbocycles. The van der Waals surface area contributed by atoms with Gasteiger partial charge in [-0.3, -0.25) is 23.6 Å². The molecule has 36 heteroatoms. The molecular formula is C76H80ClF6N12O12PS4. The first-order chi connectivity index (χ1) is 53.0. The van der Waals surface area contributed by atoms with Crippen LogP contribution in [0.1, 0.15) is 80.3 Å². The number of likely N-dealkylation sites (tertiary alicyclic amines) is 1. The van der Waals surface area contributed by atoms with Crippen LogP contribution in [-0.2, 0) is 50.8 Å². The monoisotopic (exact) mass is 1660 g/mol. The van der Waals surface area contributed by atoms with E-state index in [1.165, 1.54) is 66.6 Å². The van der Waals surface area contributed by atoms with Crippen LogP contribution in [0.3, 0.4) is 0 Å². The number of carbonyl (C=O) groups is 1. The largest absolute Gasteiger partial charge is 0.501 e. The summed E-state index contributed by atoms with van der Waals surface area (Å²) < 4.78 is 191. The summed E-state index contributed by atoms with van der Waals surface area (Å²) in [6.07, 6.45) is 3.34. The first-order valence-electron chi connectivity index (χ1n) is 35.6. The number of esters is 1. The Kier molecular flexibility index (Phi) is 24.8. The van der Waals surface area contributed by atoms with Crippen LogP contribution in [0.4, 0.5) is 54.8 Å². The number of thioether (sulfide) groups is 1. The van der Waals surface area contributed by atoms with Crippen molar-refractivity contribution in [3.05, 3.63) is 214 Å². The molecule has 3 aliphatic heterocycles. The second kappa shape index (κ2) is 33.8. The van der Waals surface area contributed by atoms with Crippen molar-refractivity contribution in [1.82, 2.24) is 34.4 Å². The normalized spacial score (nSPS) is 16.2. The van der Waals surface area contributed by atoms with Gasteiger partial charge in [0.2, 0.25) is 0 Å². The third-order valence-electron chi connectivity index (χ3n) is 19.7. The van der Waals surface area contributed by atoms with Crippen LogP contribution in [0.15, 0.2) is 182 Å². The van der Waals surface area contributed by atoms with Crippen molar-refractivity contribution in [3.8, 4) is 22.4 Å². The number of aryl methyl sites for hydroxylation is 1. The van der Waals surface area contributed by atoms with Crippen molar-refractivity contribution in [1.29, 1.82) is 0 Å². The predicted molar refractivity (Wildman–Crippen MR) is 419 cm³/mol. The molecule has 6 heterocycles. The molecule has 3 aliphatic rings. The number of ether oxygens (including phenoxy) is 1. The van der Waals surface area contributed by atoms with Gasteiger partial charge in [-0.25, -0.2) is 48.5 Å². The van der Waals surface area contributed by atoms with Gasteiger partial charge in [-0.2, -0.15) is 23.4 Å². The molecule has 112 heavy (non-hydrogen) atoms. The third kappa shape index (κ3) is 18.8. The number of hydrogen-bond acceptors (Lipinski definition) is 19. The van der Waals surface area contributed by atoms with Crippen molar-refractivity contribution in [2.45, 2.75) is 95.6 Å². The molecule has 24 nitrogen and oxygen atoms in total. The lowest BCUT2D eigenvalue weighted by Crippen LogP contribution is -2.46. The number of nitrogens with zero attached hydrogens (tertiary/aromatic N) is 8. The van der Waals surface area contributed by atoms with E-state index < -0.39 is 112 Å². The second-order valence-corrected chi connectivity index (χ2v) is 36.6. The highest BCUT2D eigenvalue weighted by atomic mass is 35.5. The smallest absolute Gasteiger partial charge is 0.465 e. The molecule has 0 radical (unpaired) electrons. The number of nitrogens with one attached hydrogen (secondary N) is 4. The van der Waals surface area contributed by atoms with Crippen LogP contribution < -0.4 is 30.7 Å². The predicted octanol–water partition coefficient (Wildman–Crippen LogP) is 13.7. The minimum Gasteiger partial charge on any atom is -0.465 e. The number of halogens is 7. The maximum absolute atomic E-state index is 15.8. The number of carbonyl (C=O) groups excluding carboxylic acids is 1. The zero-order valence-corrected chi connectivity index (χ0v) is 66.0. The van der Waals surface area contributed by atoms with E-state index in [0.29, 0.717) is 138 Å². The fourth-order valence-electron chi connectivity index (χ4n) is 14.4. The highest BCUT2D eigenvalue weighted by molar-refractivity contribution is 7.99. The van der Waals surface area contributed by atoms with E-state index in [0.717, 1.165) is 28.8 Å². The van der Waals surface area contributed by atoms with E-state index in [2.05, 4.69) is 40.5 Å². The molecule has 0 saturated carbocycles. The van der Waals surface area contributed by atoms with Crippen molar-refractivity contribution < 1.29 is 75.5 Å². The molecule has 0 amide bonds. The summed E-state index contributed by atoms with van der Waals surface area (Å²) in [4.78, 5) is 52.4. The van der Waals surface area contributed by atoms with Crippen LogP contribution >= 0.6 is 31.0 Å². The summed E-state index contributed by atoms with van der Waals surface area (Å²) in [7, 11) is -17.1. The first-order valence-corrected chi connectivity index (χ1v) is 43.6. The summed E-state index contributed by atoms with van der Waals surface area (Å²) in [6, 6.07) is 36.8. The number of sulfonamides is 1. The maximum Gasteiger partial charge on any atom is 0.501 e. The topological polar surface area (TPSA) is 313 Å². The summed E-state index contributed by atoms with van der Waals surface area (Å²) >= 11 is 7.63. The Balaban J connectivity index is 0.000000344. The number of piperidine rings is 1. The molecule has 1 unspecified atom stereocenters. The van der Waals surface area contributed by atoms with Gasteiger partial charge in [-0.1, -0.05) is 54.1 Å². The van der Waals surface area contributed by atoms with E-state index in [4.69, 9.17) is 26.1 Å². The maximum atomic E-state index is 15.8. The van der Waals surface area contributed by atoms with E-state index in [1.807, 2.05) is 58.5 Å². The number of anilines is 5. The van der Waals surface area contributed by atoms with E-state index >= 15 is 4.39 Å². The number of sulfone groups is 2. The average molecular weight is 1660 g/mol. The molecule has 10 aromatic rings. The Bertz CT molecular complexity index is 5580. The molecule has 0 bridgehead atoms. The fourth-order valence-corrected chi connectivity index (χ4v) is 19.4. The van der Waals surface area contributed by atoms with Crippen LogP contribution in [0.2, 0.25) is 5.02 Å². The average Bonchev–Trinajstić information content (AvgIpc) is 1.37. The lowest BCUT2D eigenvalue weighted by molar-refractivity contribution is -0.150. The Hall–Kier alpha value is -9.25. The van der Waals surface area contributed by atoms with Crippen LogP contribution in [-0.4, -0.2) is 158 Å². The Morgan fingerprint density at radius 3 is 2.08 bits per heavy atom. The Morgan fingerprint density at radius 1 is 0.795 bits per heavy atom. The molecule has 594 valence electrons. The zero-order valence-electron chi connectivity index (χ0n) is 61.1. The van der Waals surface area contributed by atoms with Crippen molar-refractivity contribution in [2.75, 3.05) is 95.7 Å². The number of H-pyrrole nitrogens is 1. The van der Waals surface area contributed by atoms with Crippen LogP contribution in [0, 0.1) is 30.3 Å². The highest BCUT2D eigenvalue weighted by Gasteiger charge is 2.49. The van der Waals surface area contributed by atoms with Gasteiger partial charge in [0.25, 0.3) is 25.4 Å². The second-order valence-electron chi connectivity index (χ2n) is 27.8. The van der Waals surface area contributed by atoms with Gasteiger partial charge < -0.3 is 44.4 Å². The van der Waals surface area contributed by atoms with Gasteiger partial charge in [-0.15, -0.1) is 11.8 Å². The summed E-state index contributed by atoms with van der Waals surface area (Å²) in [5, 5.41) is 18.4. The highest BCUT2D eigenvalue weighted by Crippen LogP contribution is 2.48. The quantitative estimate of drug-likeness (QED) is 0.0102. The van der Waals surface area contributed by atoms with E-state index in [1.54, 1.807) is 73.3 Å². The number of aromatic amines is 1. The van der Waals surface area contributed by atoms with Crippen LogP contribution in [0.5, 0.6) is 0 Å². The van der Waals surface area contributed by atoms with Crippen LogP contribution in [0.25, 0.3) is 33.2 Å².